The molecule has 0 N–H and O–H groups in total. The third-order valence-electron chi connectivity index (χ3n) is 3.39. The van der Waals surface area contributed by atoms with Crippen molar-refractivity contribution in [3.05, 3.63) is 77.4 Å². The zero-order valence-electron chi connectivity index (χ0n) is 11.9. The van der Waals surface area contributed by atoms with Crippen LogP contribution in [-0.2, 0) is 0 Å². The van der Waals surface area contributed by atoms with Crippen LogP contribution in [-0.4, -0.2) is 5.78 Å². The molecule has 1 nitrogen and oxygen atoms in total. The summed E-state index contributed by atoms with van der Waals surface area (Å²) in [6.07, 6.45) is 4.59. The van der Waals surface area contributed by atoms with Gasteiger partial charge < -0.3 is 0 Å². The summed E-state index contributed by atoms with van der Waals surface area (Å²) in [4.78, 5) is 12.1. The van der Waals surface area contributed by atoms with E-state index in [1.165, 1.54) is 11.1 Å². The Hall–Kier alpha value is -2.15. The highest BCUT2D eigenvalue weighted by Gasteiger charge is 2.06. The van der Waals surface area contributed by atoms with E-state index in [0.717, 1.165) is 18.4 Å². The molecule has 2 aromatic rings. The molecule has 0 unspecified atom stereocenters. The highest BCUT2D eigenvalue weighted by molar-refractivity contribution is 5.96. The maximum atomic E-state index is 12.1. The second-order valence-corrected chi connectivity index (χ2v) is 4.86. The molecule has 0 bridgehead atoms. The van der Waals surface area contributed by atoms with E-state index in [0.29, 0.717) is 6.42 Å². The average molecular weight is 264 g/mol. The van der Waals surface area contributed by atoms with Crippen LogP contribution in [0.4, 0.5) is 0 Å². The van der Waals surface area contributed by atoms with Crippen LogP contribution in [0.3, 0.4) is 0 Å². The maximum Gasteiger partial charge on any atom is 0.163 e. The van der Waals surface area contributed by atoms with Gasteiger partial charge in [0.1, 0.15) is 0 Å². The van der Waals surface area contributed by atoms with Crippen LogP contribution in [0.2, 0.25) is 0 Å². The Morgan fingerprint density at radius 3 is 2.10 bits per heavy atom. The van der Waals surface area contributed by atoms with Gasteiger partial charge in [-0.05, 0) is 18.4 Å². The standard InChI is InChI=1S/C19H20O/c1-2-16(15-17-9-5-3-6-10-17)13-14-19(20)18-11-7-4-8-12-18/h3-12,15H,2,13-14H2,1H3/b16-15+. The van der Waals surface area contributed by atoms with Crippen LogP contribution in [0, 0.1) is 0 Å². The lowest BCUT2D eigenvalue weighted by atomic mass is 10.00. The number of Topliss-reactive ketones (excluding diaryl/α,β-unsaturated/α-hetero) is 1. The van der Waals surface area contributed by atoms with E-state index in [-0.39, 0.29) is 5.78 Å². The zero-order valence-corrected chi connectivity index (χ0v) is 11.9. The normalized spacial score (nSPS) is 11.3. The van der Waals surface area contributed by atoms with Gasteiger partial charge in [-0.2, -0.15) is 0 Å². The van der Waals surface area contributed by atoms with Gasteiger partial charge in [0, 0.05) is 12.0 Å². The molecule has 0 aromatic heterocycles. The number of carbonyl (C=O) groups is 1. The van der Waals surface area contributed by atoms with Gasteiger partial charge in [-0.3, -0.25) is 4.79 Å². The first kappa shape index (κ1) is 14.3. The van der Waals surface area contributed by atoms with Crippen molar-refractivity contribution < 1.29 is 4.79 Å². The third-order valence-corrected chi connectivity index (χ3v) is 3.39. The number of hydrogen-bond donors (Lipinski definition) is 0. The van der Waals surface area contributed by atoms with Gasteiger partial charge in [-0.15, -0.1) is 0 Å². The summed E-state index contributed by atoms with van der Waals surface area (Å²) in [6.45, 7) is 2.14. The molecule has 0 amide bonds. The van der Waals surface area contributed by atoms with Crippen LogP contribution in [0.25, 0.3) is 6.08 Å². The van der Waals surface area contributed by atoms with Crippen molar-refractivity contribution in [1.29, 1.82) is 0 Å². The van der Waals surface area contributed by atoms with Gasteiger partial charge in [-0.25, -0.2) is 0 Å². The van der Waals surface area contributed by atoms with Crippen LogP contribution >= 0.6 is 0 Å². The van der Waals surface area contributed by atoms with Crippen molar-refractivity contribution in [1.82, 2.24) is 0 Å². The van der Waals surface area contributed by atoms with Crippen LogP contribution in [0.5, 0.6) is 0 Å². The van der Waals surface area contributed by atoms with Gasteiger partial charge in [0.25, 0.3) is 0 Å². The van der Waals surface area contributed by atoms with E-state index in [4.69, 9.17) is 0 Å². The molecule has 0 saturated heterocycles. The third kappa shape index (κ3) is 4.20. The molecule has 0 heterocycles. The Morgan fingerprint density at radius 2 is 1.50 bits per heavy atom. The Bertz CT molecular complexity index is 567. The van der Waals surface area contributed by atoms with E-state index in [1.807, 2.05) is 48.5 Å². The van der Waals surface area contributed by atoms with Crippen LogP contribution < -0.4 is 0 Å². The lowest BCUT2D eigenvalue weighted by molar-refractivity contribution is 0.0982. The van der Waals surface area contributed by atoms with E-state index >= 15 is 0 Å². The molecule has 0 aliphatic heterocycles. The summed E-state index contributed by atoms with van der Waals surface area (Å²) in [5, 5.41) is 0. The SMILES string of the molecule is CC/C(=C\c1ccccc1)CCC(=O)c1ccccc1. The summed E-state index contributed by atoms with van der Waals surface area (Å²) in [5.74, 6) is 0.220. The molecule has 0 saturated carbocycles. The van der Waals surface area contributed by atoms with Crippen molar-refractivity contribution in [2.45, 2.75) is 26.2 Å². The van der Waals surface area contributed by atoms with Gasteiger partial charge >= 0.3 is 0 Å². The highest BCUT2D eigenvalue weighted by Crippen LogP contribution is 2.16. The highest BCUT2D eigenvalue weighted by atomic mass is 16.1. The van der Waals surface area contributed by atoms with Gasteiger partial charge in [0.2, 0.25) is 0 Å². The largest absolute Gasteiger partial charge is 0.294 e. The number of benzene rings is 2. The number of hydrogen-bond acceptors (Lipinski definition) is 1. The van der Waals surface area contributed by atoms with Crippen LogP contribution in [0.15, 0.2) is 66.2 Å². The first-order valence-electron chi connectivity index (χ1n) is 7.12. The Kier molecular flexibility index (Phi) is 5.31. The lowest BCUT2D eigenvalue weighted by Crippen LogP contribution is -1.99. The molecule has 1 heteroatoms. The molecular weight excluding hydrogens is 244 g/mol. The summed E-state index contributed by atoms with van der Waals surface area (Å²) in [5.41, 5.74) is 3.33. The first-order valence-corrected chi connectivity index (χ1v) is 7.12. The van der Waals surface area contributed by atoms with Crippen molar-refractivity contribution in [3.63, 3.8) is 0 Å². The van der Waals surface area contributed by atoms with Gasteiger partial charge in [-0.1, -0.05) is 79.2 Å². The smallest absolute Gasteiger partial charge is 0.163 e. The number of ketones is 1. The molecule has 0 aliphatic rings. The van der Waals surface area contributed by atoms with Gasteiger partial charge in [0.05, 0.1) is 0 Å². The molecule has 0 aliphatic carbocycles. The minimum absolute atomic E-state index is 0.220. The summed E-state index contributed by atoms with van der Waals surface area (Å²) in [7, 11) is 0. The predicted octanol–water partition coefficient (Wildman–Crippen LogP) is 5.14. The van der Waals surface area contributed by atoms with Crippen molar-refractivity contribution in [3.8, 4) is 0 Å². The maximum absolute atomic E-state index is 12.1. The Morgan fingerprint density at radius 1 is 0.900 bits per heavy atom. The molecule has 20 heavy (non-hydrogen) atoms. The number of carbonyl (C=O) groups excluding carboxylic acids is 1. The monoisotopic (exact) mass is 264 g/mol. The molecule has 2 aromatic carbocycles. The Balaban J connectivity index is 1.98. The van der Waals surface area contributed by atoms with E-state index < -0.39 is 0 Å². The van der Waals surface area contributed by atoms with E-state index in [1.54, 1.807) is 0 Å². The number of rotatable bonds is 6. The fourth-order valence-corrected chi connectivity index (χ4v) is 2.18. The Labute approximate surface area is 121 Å². The minimum Gasteiger partial charge on any atom is -0.294 e. The fourth-order valence-electron chi connectivity index (χ4n) is 2.18. The fraction of sp³-hybridized carbons (Fsp3) is 0.211. The van der Waals surface area contributed by atoms with E-state index in [2.05, 4.69) is 25.1 Å². The lowest BCUT2D eigenvalue weighted by Gasteiger charge is -2.05. The molecule has 0 radical (unpaired) electrons. The van der Waals surface area contributed by atoms with Crippen molar-refractivity contribution >= 4 is 11.9 Å². The van der Waals surface area contributed by atoms with Crippen molar-refractivity contribution in [2.24, 2.45) is 0 Å². The average Bonchev–Trinajstić information content (AvgIpc) is 2.53. The quantitative estimate of drug-likeness (QED) is 0.660. The second-order valence-electron chi connectivity index (χ2n) is 4.86. The van der Waals surface area contributed by atoms with E-state index in [9.17, 15) is 4.79 Å². The molecule has 102 valence electrons. The molecule has 0 spiro atoms. The molecular formula is C19H20O. The molecule has 0 atom stereocenters. The predicted molar refractivity (Wildman–Crippen MR) is 84.7 cm³/mol. The second kappa shape index (κ2) is 7.44. The van der Waals surface area contributed by atoms with Crippen molar-refractivity contribution in [2.75, 3.05) is 0 Å². The minimum atomic E-state index is 0.220. The number of allylic oxidation sites excluding steroid dienone is 1. The van der Waals surface area contributed by atoms with Crippen LogP contribution in [0.1, 0.15) is 42.1 Å². The first-order chi connectivity index (χ1) is 9.79. The summed E-state index contributed by atoms with van der Waals surface area (Å²) < 4.78 is 0. The summed E-state index contributed by atoms with van der Waals surface area (Å²) >= 11 is 0. The molecule has 2 rings (SSSR count). The molecule has 0 fully saturated rings. The zero-order chi connectivity index (χ0) is 14.2. The van der Waals surface area contributed by atoms with Gasteiger partial charge in [0.15, 0.2) is 5.78 Å². The topological polar surface area (TPSA) is 17.1 Å². The summed E-state index contributed by atoms with van der Waals surface area (Å²) in [6, 6.07) is 19.8.